The number of piperidine rings is 1. The monoisotopic (exact) mass is 448 g/mol. The van der Waals surface area contributed by atoms with E-state index in [1.54, 1.807) is 15.5 Å². The molecule has 1 aliphatic rings. The Kier molecular flexibility index (Phi) is 5.94. The first-order chi connectivity index (χ1) is 10.7. The summed E-state index contributed by atoms with van der Waals surface area (Å²) in [5.74, 6) is 0.382. The zero-order valence-electron chi connectivity index (χ0n) is 13.6. The first kappa shape index (κ1) is 18.5. The van der Waals surface area contributed by atoms with Crippen molar-refractivity contribution in [3.05, 3.63) is 31.6 Å². The number of nitrogens with zero attached hydrogens (tertiary/aromatic N) is 2. The Bertz CT molecular complexity index is 629. The van der Waals surface area contributed by atoms with E-state index in [0.717, 1.165) is 17.3 Å². The Morgan fingerprint density at radius 2 is 1.91 bits per heavy atom. The van der Waals surface area contributed by atoms with Crippen LogP contribution in [0.4, 0.5) is 4.79 Å². The topological polar surface area (TPSA) is 51.5 Å². The second kappa shape index (κ2) is 7.38. The number of carbonyl (C=O) groups is 1. The van der Waals surface area contributed by atoms with E-state index in [-0.39, 0.29) is 11.7 Å². The van der Waals surface area contributed by atoms with Crippen molar-refractivity contribution in [2.75, 3.05) is 13.1 Å². The van der Waals surface area contributed by atoms with Gasteiger partial charge in [0.05, 0.1) is 4.47 Å². The first-order valence-corrected chi connectivity index (χ1v) is 9.28. The number of pyridine rings is 1. The average Bonchev–Trinajstić information content (AvgIpc) is 2.43. The Morgan fingerprint density at radius 3 is 2.48 bits per heavy atom. The van der Waals surface area contributed by atoms with Crippen LogP contribution >= 0.6 is 31.9 Å². The molecular formula is C16H22Br2N2O3. The van der Waals surface area contributed by atoms with Crippen LogP contribution < -0.4 is 5.56 Å². The van der Waals surface area contributed by atoms with Gasteiger partial charge in [-0.2, -0.15) is 0 Å². The molecule has 23 heavy (non-hydrogen) atoms. The van der Waals surface area contributed by atoms with Gasteiger partial charge in [0.2, 0.25) is 0 Å². The highest BCUT2D eigenvalue weighted by molar-refractivity contribution is 9.11. The molecule has 2 rings (SSSR count). The number of likely N-dealkylation sites (tertiary alicyclic amines) is 1. The largest absolute Gasteiger partial charge is 0.444 e. The molecule has 1 aliphatic heterocycles. The van der Waals surface area contributed by atoms with Crippen LogP contribution in [0.2, 0.25) is 0 Å². The Hall–Kier alpha value is -0.820. The van der Waals surface area contributed by atoms with Crippen LogP contribution in [0.3, 0.4) is 0 Å². The van der Waals surface area contributed by atoms with E-state index in [2.05, 4.69) is 31.9 Å². The van der Waals surface area contributed by atoms with Crippen LogP contribution in [0.15, 0.2) is 26.0 Å². The zero-order valence-corrected chi connectivity index (χ0v) is 16.8. The summed E-state index contributed by atoms with van der Waals surface area (Å²) >= 11 is 6.69. The maximum Gasteiger partial charge on any atom is 0.410 e. The molecule has 0 spiro atoms. The standard InChI is InChI=1S/C16H22Br2N2O3/c1-16(2,3)23-15(22)19-6-4-11(5-7-19)9-20-10-12(17)8-13(18)14(20)21/h8,10-11H,4-7,9H2,1-3H3. The fraction of sp³-hybridized carbons (Fsp3) is 0.625. The van der Waals surface area contributed by atoms with Crippen molar-refractivity contribution in [3.63, 3.8) is 0 Å². The molecular weight excluding hydrogens is 428 g/mol. The van der Waals surface area contributed by atoms with Crippen molar-refractivity contribution >= 4 is 38.0 Å². The fourth-order valence-electron chi connectivity index (χ4n) is 2.60. The maximum absolute atomic E-state index is 12.1. The Morgan fingerprint density at radius 1 is 1.30 bits per heavy atom. The molecule has 128 valence electrons. The molecule has 0 saturated carbocycles. The third-order valence-electron chi connectivity index (χ3n) is 3.73. The lowest BCUT2D eigenvalue weighted by atomic mass is 9.97. The van der Waals surface area contributed by atoms with Gasteiger partial charge in [-0.05, 0) is 77.5 Å². The minimum absolute atomic E-state index is 0.0252. The molecule has 1 fully saturated rings. The summed E-state index contributed by atoms with van der Waals surface area (Å²) in [5, 5.41) is 0. The zero-order chi connectivity index (χ0) is 17.2. The molecule has 1 aromatic rings. The number of halogens is 2. The van der Waals surface area contributed by atoms with Crippen LogP contribution in [-0.4, -0.2) is 34.3 Å². The molecule has 2 heterocycles. The van der Waals surface area contributed by atoms with Crippen molar-refractivity contribution in [2.45, 2.75) is 45.8 Å². The minimum atomic E-state index is -0.468. The number of rotatable bonds is 2. The van der Waals surface area contributed by atoms with Crippen molar-refractivity contribution < 1.29 is 9.53 Å². The Labute approximate surface area is 153 Å². The minimum Gasteiger partial charge on any atom is -0.444 e. The summed E-state index contributed by atoms with van der Waals surface area (Å²) in [5.41, 5.74) is -0.494. The molecule has 1 amide bonds. The van der Waals surface area contributed by atoms with E-state index >= 15 is 0 Å². The van der Waals surface area contributed by atoms with Crippen LogP contribution in [0.5, 0.6) is 0 Å². The van der Waals surface area contributed by atoms with Gasteiger partial charge in [0.1, 0.15) is 5.60 Å². The van der Waals surface area contributed by atoms with Crippen LogP contribution in [0, 0.1) is 5.92 Å². The molecule has 0 atom stereocenters. The van der Waals surface area contributed by atoms with Gasteiger partial charge in [0.25, 0.3) is 5.56 Å². The highest BCUT2D eigenvalue weighted by Gasteiger charge is 2.27. The fourth-order valence-corrected chi connectivity index (χ4v) is 3.86. The second-order valence-electron chi connectivity index (χ2n) is 6.87. The summed E-state index contributed by atoms with van der Waals surface area (Å²) in [6.45, 7) is 7.62. The van der Waals surface area contributed by atoms with Gasteiger partial charge in [-0.1, -0.05) is 0 Å². The molecule has 5 nitrogen and oxygen atoms in total. The molecule has 0 unspecified atom stereocenters. The smallest absolute Gasteiger partial charge is 0.410 e. The van der Waals surface area contributed by atoms with E-state index in [1.165, 1.54) is 0 Å². The summed E-state index contributed by atoms with van der Waals surface area (Å²) < 4.78 is 8.55. The molecule has 1 aromatic heterocycles. The van der Waals surface area contributed by atoms with E-state index in [0.29, 0.717) is 30.0 Å². The molecule has 0 aromatic carbocycles. The molecule has 7 heteroatoms. The van der Waals surface area contributed by atoms with Crippen LogP contribution in [0.1, 0.15) is 33.6 Å². The SMILES string of the molecule is CC(C)(C)OC(=O)N1CCC(Cn2cc(Br)cc(Br)c2=O)CC1. The van der Waals surface area contributed by atoms with Gasteiger partial charge in [-0.15, -0.1) is 0 Å². The lowest BCUT2D eigenvalue weighted by Gasteiger charge is -2.33. The summed E-state index contributed by atoms with van der Waals surface area (Å²) in [6, 6.07) is 1.75. The van der Waals surface area contributed by atoms with E-state index in [4.69, 9.17) is 4.74 Å². The van der Waals surface area contributed by atoms with E-state index < -0.39 is 5.60 Å². The van der Waals surface area contributed by atoms with E-state index in [1.807, 2.05) is 27.0 Å². The maximum atomic E-state index is 12.1. The number of aromatic nitrogens is 1. The molecule has 1 saturated heterocycles. The number of hydrogen-bond acceptors (Lipinski definition) is 3. The molecule has 0 radical (unpaired) electrons. The molecule has 0 N–H and O–H groups in total. The van der Waals surface area contributed by atoms with Crippen molar-refractivity contribution in [3.8, 4) is 0 Å². The number of amides is 1. The van der Waals surface area contributed by atoms with Gasteiger partial charge in [0, 0.05) is 30.3 Å². The second-order valence-corrected chi connectivity index (χ2v) is 8.64. The van der Waals surface area contributed by atoms with E-state index in [9.17, 15) is 9.59 Å². The van der Waals surface area contributed by atoms with Crippen LogP contribution in [-0.2, 0) is 11.3 Å². The van der Waals surface area contributed by atoms with Crippen molar-refractivity contribution in [1.29, 1.82) is 0 Å². The summed E-state index contributed by atoms with van der Waals surface area (Å²) in [7, 11) is 0. The highest BCUT2D eigenvalue weighted by atomic mass is 79.9. The third kappa shape index (κ3) is 5.35. The van der Waals surface area contributed by atoms with Crippen LogP contribution in [0.25, 0.3) is 0 Å². The van der Waals surface area contributed by atoms with Gasteiger partial charge in [0.15, 0.2) is 0 Å². The number of hydrogen-bond donors (Lipinski definition) is 0. The third-order valence-corrected chi connectivity index (χ3v) is 4.73. The number of carbonyl (C=O) groups excluding carboxylic acids is 1. The quantitative estimate of drug-likeness (QED) is 0.685. The van der Waals surface area contributed by atoms with Crippen molar-refractivity contribution in [2.24, 2.45) is 5.92 Å². The summed E-state index contributed by atoms with van der Waals surface area (Å²) in [4.78, 5) is 25.9. The highest BCUT2D eigenvalue weighted by Crippen LogP contribution is 2.22. The lowest BCUT2D eigenvalue weighted by Crippen LogP contribution is -2.42. The normalized spacial score (nSPS) is 16.5. The van der Waals surface area contributed by atoms with Gasteiger partial charge in [-0.25, -0.2) is 4.79 Å². The lowest BCUT2D eigenvalue weighted by molar-refractivity contribution is 0.0178. The predicted molar refractivity (Wildman–Crippen MR) is 96.6 cm³/mol. The van der Waals surface area contributed by atoms with Gasteiger partial charge < -0.3 is 14.2 Å². The number of ether oxygens (including phenoxy) is 1. The summed E-state index contributed by atoms with van der Waals surface area (Å²) in [6.07, 6.45) is 3.30. The van der Waals surface area contributed by atoms with Gasteiger partial charge >= 0.3 is 6.09 Å². The average molecular weight is 450 g/mol. The Balaban J connectivity index is 1.93. The first-order valence-electron chi connectivity index (χ1n) is 7.69. The molecule has 0 bridgehead atoms. The predicted octanol–water partition coefficient (Wildman–Crippen LogP) is 4.02. The van der Waals surface area contributed by atoms with Crippen molar-refractivity contribution in [1.82, 2.24) is 9.47 Å². The molecule has 0 aliphatic carbocycles. The van der Waals surface area contributed by atoms with Gasteiger partial charge in [-0.3, -0.25) is 4.79 Å².